The molecule has 1 aliphatic carbocycles. The number of urea groups is 1. The topological polar surface area (TPSA) is 52.7 Å². The van der Waals surface area contributed by atoms with E-state index in [0.717, 1.165) is 44.5 Å². The average Bonchev–Trinajstić information content (AvgIpc) is 3.46. The second kappa shape index (κ2) is 7.09. The normalized spacial score (nSPS) is 25.8. The van der Waals surface area contributed by atoms with Crippen molar-refractivity contribution in [1.82, 2.24) is 9.80 Å². The number of nitrogens with zero attached hydrogens (tertiary/aromatic N) is 2. The minimum absolute atomic E-state index is 0.0492. The molecule has 0 bridgehead atoms. The summed E-state index contributed by atoms with van der Waals surface area (Å²) in [5.74, 6) is -1.03. The minimum Gasteiger partial charge on any atom is -0.342 e. The molecule has 1 unspecified atom stereocenters. The summed E-state index contributed by atoms with van der Waals surface area (Å²) in [5.41, 5.74) is 0.194. The molecular formula is C20H25F2N3O2. The third-order valence-electron chi connectivity index (χ3n) is 6.04. The Morgan fingerprint density at radius 3 is 2.74 bits per heavy atom. The molecule has 27 heavy (non-hydrogen) atoms. The Hall–Kier alpha value is -2.18. The summed E-state index contributed by atoms with van der Waals surface area (Å²) in [4.78, 5) is 28.7. The number of nitrogens with one attached hydrogen (secondary N) is 1. The fraction of sp³-hybridized carbons (Fsp3) is 0.600. The van der Waals surface area contributed by atoms with Crippen LogP contribution in [0.25, 0.3) is 0 Å². The highest BCUT2D eigenvalue weighted by molar-refractivity contribution is 5.89. The van der Waals surface area contributed by atoms with Crippen molar-refractivity contribution < 1.29 is 18.4 Å². The van der Waals surface area contributed by atoms with Gasteiger partial charge in [-0.1, -0.05) is 0 Å². The van der Waals surface area contributed by atoms with Gasteiger partial charge in [0.15, 0.2) is 11.6 Å². The number of hydrogen-bond acceptors (Lipinski definition) is 2. The molecule has 1 spiro atoms. The first kappa shape index (κ1) is 18.2. The molecule has 2 heterocycles. The highest BCUT2D eigenvalue weighted by Gasteiger charge is 2.43. The zero-order chi connectivity index (χ0) is 19.0. The van der Waals surface area contributed by atoms with Gasteiger partial charge in [-0.15, -0.1) is 0 Å². The highest BCUT2D eigenvalue weighted by Crippen LogP contribution is 2.40. The van der Waals surface area contributed by atoms with E-state index >= 15 is 0 Å². The third kappa shape index (κ3) is 4.06. The van der Waals surface area contributed by atoms with Crippen molar-refractivity contribution >= 4 is 17.6 Å². The molecule has 2 saturated heterocycles. The molecule has 3 amide bonds. The number of carbonyl (C=O) groups excluding carboxylic acids is 2. The quantitative estimate of drug-likeness (QED) is 0.875. The molecule has 2 aliphatic heterocycles. The number of amides is 3. The second-order valence-corrected chi connectivity index (χ2v) is 8.30. The van der Waals surface area contributed by atoms with Crippen LogP contribution >= 0.6 is 0 Å². The van der Waals surface area contributed by atoms with Gasteiger partial charge in [-0.2, -0.15) is 0 Å². The molecule has 0 aromatic heterocycles. The first-order valence-electron chi connectivity index (χ1n) is 9.73. The molecule has 5 nitrogen and oxygen atoms in total. The summed E-state index contributed by atoms with van der Waals surface area (Å²) in [7, 11) is 0. The van der Waals surface area contributed by atoms with Crippen LogP contribution in [0.15, 0.2) is 18.2 Å². The number of carbonyl (C=O) groups is 2. The summed E-state index contributed by atoms with van der Waals surface area (Å²) in [5, 5.41) is 2.66. The van der Waals surface area contributed by atoms with Crippen LogP contribution in [0.4, 0.5) is 19.3 Å². The number of rotatable bonds is 3. The van der Waals surface area contributed by atoms with E-state index < -0.39 is 11.6 Å². The monoisotopic (exact) mass is 377 g/mol. The first-order chi connectivity index (χ1) is 12.9. The van der Waals surface area contributed by atoms with E-state index in [1.54, 1.807) is 4.90 Å². The van der Waals surface area contributed by atoms with E-state index in [4.69, 9.17) is 0 Å². The second-order valence-electron chi connectivity index (χ2n) is 8.30. The van der Waals surface area contributed by atoms with Gasteiger partial charge in [0.25, 0.3) is 0 Å². The van der Waals surface area contributed by atoms with E-state index in [1.807, 2.05) is 4.90 Å². The lowest BCUT2D eigenvalue weighted by Crippen LogP contribution is -2.56. The molecule has 0 radical (unpaired) electrons. The predicted octanol–water partition coefficient (Wildman–Crippen LogP) is 3.61. The van der Waals surface area contributed by atoms with Gasteiger partial charge in [0, 0.05) is 49.8 Å². The lowest BCUT2D eigenvalue weighted by Gasteiger charge is -2.48. The molecule has 1 aromatic carbocycles. The lowest BCUT2D eigenvalue weighted by molar-refractivity contribution is -0.139. The van der Waals surface area contributed by atoms with Crippen LogP contribution < -0.4 is 5.32 Å². The van der Waals surface area contributed by atoms with Gasteiger partial charge in [-0.3, -0.25) is 4.79 Å². The molecule has 146 valence electrons. The van der Waals surface area contributed by atoms with E-state index in [2.05, 4.69) is 5.32 Å². The molecule has 1 saturated carbocycles. The van der Waals surface area contributed by atoms with Crippen molar-refractivity contribution in [2.24, 2.45) is 11.3 Å². The van der Waals surface area contributed by atoms with Crippen molar-refractivity contribution in [1.29, 1.82) is 0 Å². The summed E-state index contributed by atoms with van der Waals surface area (Å²) < 4.78 is 26.4. The van der Waals surface area contributed by atoms with Crippen LogP contribution in [-0.4, -0.2) is 47.9 Å². The zero-order valence-electron chi connectivity index (χ0n) is 15.3. The van der Waals surface area contributed by atoms with Gasteiger partial charge in [-0.05, 0) is 50.2 Å². The number of halogens is 2. The number of hydrogen-bond donors (Lipinski definition) is 1. The van der Waals surface area contributed by atoms with Crippen LogP contribution in [-0.2, 0) is 4.79 Å². The Balaban J connectivity index is 1.41. The third-order valence-corrected chi connectivity index (χ3v) is 6.04. The molecule has 1 atom stereocenters. The Morgan fingerprint density at radius 1 is 1.19 bits per heavy atom. The van der Waals surface area contributed by atoms with Crippen LogP contribution in [0.3, 0.4) is 0 Å². The van der Waals surface area contributed by atoms with Gasteiger partial charge >= 0.3 is 6.03 Å². The summed E-state index contributed by atoms with van der Waals surface area (Å²) in [6.45, 7) is 2.80. The Kier molecular flexibility index (Phi) is 4.78. The number of piperidine rings is 2. The van der Waals surface area contributed by atoms with Crippen molar-refractivity contribution in [2.45, 2.75) is 38.5 Å². The fourth-order valence-electron chi connectivity index (χ4n) is 4.37. The average molecular weight is 377 g/mol. The van der Waals surface area contributed by atoms with Crippen molar-refractivity contribution in [3.8, 4) is 0 Å². The Labute approximate surface area is 157 Å². The van der Waals surface area contributed by atoms with Gasteiger partial charge < -0.3 is 15.1 Å². The van der Waals surface area contributed by atoms with Gasteiger partial charge in [-0.25, -0.2) is 13.6 Å². The van der Waals surface area contributed by atoms with Crippen molar-refractivity contribution in [2.75, 3.05) is 31.5 Å². The van der Waals surface area contributed by atoms with Crippen LogP contribution in [0.1, 0.15) is 38.5 Å². The molecule has 3 aliphatic rings. The predicted molar refractivity (Wildman–Crippen MR) is 97.2 cm³/mol. The standard InChI is InChI=1S/C20H25F2N3O2/c21-16-5-4-15(10-17(16)22)23-19(27)24-9-1-7-20(12-24)8-6-18(26)25(13-20)11-14-2-3-14/h4-5,10,14H,1-3,6-9,11-13H2,(H,23,27). The zero-order valence-corrected chi connectivity index (χ0v) is 15.3. The van der Waals surface area contributed by atoms with Gasteiger partial charge in [0.05, 0.1) is 0 Å². The SMILES string of the molecule is O=C1CCC2(CCCN(C(=O)Nc3ccc(F)c(F)c3)C2)CN1CC1CC1. The largest absolute Gasteiger partial charge is 0.342 e. The van der Waals surface area contributed by atoms with Crippen LogP contribution in [0.2, 0.25) is 0 Å². The molecule has 4 rings (SSSR count). The highest BCUT2D eigenvalue weighted by atomic mass is 19.2. The maximum Gasteiger partial charge on any atom is 0.321 e. The maximum absolute atomic E-state index is 13.4. The van der Waals surface area contributed by atoms with Crippen molar-refractivity contribution in [3.05, 3.63) is 29.8 Å². The first-order valence-corrected chi connectivity index (χ1v) is 9.73. The summed E-state index contributed by atoms with van der Waals surface area (Å²) in [6.07, 6.45) is 5.67. The molecule has 3 fully saturated rings. The number of likely N-dealkylation sites (tertiary alicyclic amines) is 2. The Bertz CT molecular complexity index is 753. The van der Waals surface area contributed by atoms with E-state index in [0.29, 0.717) is 25.4 Å². The minimum atomic E-state index is -0.982. The molecule has 1 N–H and O–H groups in total. The maximum atomic E-state index is 13.4. The molecule has 7 heteroatoms. The van der Waals surface area contributed by atoms with Crippen LogP contribution in [0.5, 0.6) is 0 Å². The number of benzene rings is 1. The lowest BCUT2D eigenvalue weighted by atomic mass is 9.73. The van der Waals surface area contributed by atoms with Gasteiger partial charge in [0.2, 0.25) is 5.91 Å². The smallest absolute Gasteiger partial charge is 0.321 e. The van der Waals surface area contributed by atoms with Crippen molar-refractivity contribution in [3.63, 3.8) is 0 Å². The van der Waals surface area contributed by atoms with E-state index in [-0.39, 0.29) is 23.0 Å². The van der Waals surface area contributed by atoms with Gasteiger partial charge in [0.1, 0.15) is 0 Å². The van der Waals surface area contributed by atoms with E-state index in [9.17, 15) is 18.4 Å². The van der Waals surface area contributed by atoms with E-state index in [1.165, 1.54) is 18.9 Å². The summed E-state index contributed by atoms with van der Waals surface area (Å²) >= 11 is 0. The number of anilines is 1. The molecular weight excluding hydrogens is 352 g/mol. The molecule has 1 aromatic rings. The Morgan fingerprint density at radius 2 is 2.00 bits per heavy atom. The fourth-order valence-corrected chi connectivity index (χ4v) is 4.37. The van der Waals surface area contributed by atoms with Crippen LogP contribution in [0, 0.1) is 23.0 Å². The summed E-state index contributed by atoms with van der Waals surface area (Å²) in [6, 6.07) is 3.05.